The van der Waals surface area contributed by atoms with Gasteiger partial charge in [-0.3, -0.25) is 4.79 Å². The Morgan fingerprint density at radius 3 is 2.58 bits per heavy atom. The first-order chi connectivity index (χ1) is 8.71. The number of carbonyl (C=O) groups is 1. The van der Waals surface area contributed by atoms with Crippen LogP contribution in [0.25, 0.3) is 0 Å². The highest BCUT2D eigenvalue weighted by atomic mass is 35.5. The van der Waals surface area contributed by atoms with Crippen molar-refractivity contribution in [2.45, 2.75) is 11.3 Å². The number of amides is 1. The van der Waals surface area contributed by atoms with Gasteiger partial charge in [0.25, 0.3) is 0 Å². The largest absolute Gasteiger partial charge is 0.492 e. The molecular weight excluding hydrogens is 292 g/mol. The molecule has 0 radical (unpaired) electrons. The van der Waals surface area contributed by atoms with Gasteiger partial charge in [-0.25, -0.2) is 13.6 Å². The molecule has 19 heavy (non-hydrogen) atoms. The van der Waals surface area contributed by atoms with Crippen molar-refractivity contribution in [3.63, 3.8) is 0 Å². The summed E-state index contributed by atoms with van der Waals surface area (Å²) in [5.41, 5.74) is 0. The van der Waals surface area contributed by atoms with Crippen LogP contribution in [0.4, 0.5) is 0 Å². The van der Waals surface area contributed by atoms with Gasteiger partial charge in [-0.15, -0.1) is 0 Å². The lowest BCUT2D eigenvalue weighted by atomic mass is 10.3. The van der Waals surface area contributed by atoms with E-state index < -0.39 is 10.0 Å². The summed E-state index contributed by atoms with van der Waals surface area (Å²) in [5.74, 6) is -0.0374. The summed E-state index contributed by atoms with van der Waals surface area (Å²) in [5, 5.41) is 5.30. The molecule has 0 aliphatic rings. The monoisotopic (exact) mass is 306 g/mol. The molecule has 0 saturated carbocycles. The molecule has 1 amide bonds. The van der Waals surface area contributed by atoms with E-state index in [1.807, 2.05) is 0 Å². The highest BCUT2D eigenvalue weighted by Crippen LogP contribution is 2.26. The minimum atomic E-state index is -3.93. The van der Waals surface area contributed by atoms with E-state index in [2.05, 4.69) is 0 Å². The van der Waals surface area contributed by atoms with Crippen LogP contribution in [-0.4, -0.2) is 39.9 Å². The van der Waals surface area contributed by atoms with Crippen LogP contribution in [0.15, 0.2) is 23.1 Å². The minimum Gasteiger partial charge on any atom is -0.492 e. The van der Waals surface area contributed by atoms with E-state index in [1.54, 1.807) is 14.1 Å². The average molecular weight is 307 g/mol. The third-order valence-electron chi connectivity index (χ3n) is 2.28. The Kier molecular flexibility index (Phi) is 5.16. The van der Waals surface area contributed by atoms with Crippen molar-refractivity contribution in [2.75, 3.05) is 20.7 Å². The second-order valence-corrected chi connectivity index (χ2v) is 5.99. The lowest BCUT2D eigenvalue weighted by Gasteiger charge is -2.12. The Labute approximate surface area is 117 Å². The third-order valence-corrected chi connectivity index (χ3v) is 3.45. The second kappa shape index (κ2) is 6.23. The number of nitrogens with two attached hydrogens (primary N) is 1. The molecule has 0 spiro atoms. The molecule has 6 nitrogen and oxygen atoms in total. The van der Waals surface area contributed by atoms with Gasteiger partial charge in [0, 0.05) is 19.1 Å². The van der Waals surface area contributed by atoms with E-state index in [1.165, 1.54) is 23.1 Å². The highest BCUT2D eigenvalue weighted by Gasteiger charge is 2.16. The first-order valence-corrected chi connectivity index (χ1v) is 7.29. The maximum Gasteiger partial charge on any atom is 0.241 e. The van der Waals surface area contributed by atoms with E-state index in [0.717, 1.165) is 0 Å². The quantitative estimate of drug-likeness (QED) is 0.873. The van der Waals surface area contributed by atoms with Gasteiger partial charge in [0.1, 0.15) is 10.6 Å². The third kappa shape index (κ3) is 4.70. The molecule has 0 fully saturated rings. The first-order valence-electron chi connectivity index (χ1n) is 5.37. The zero-order valence-corrected chi connectivity index (χ0v) is 12.2. The summed E-state index contributed by atoms with van der Waals surface area (Å²) >= 11 is 5.71. The Morgan fingerprint density at radius 1 is 1.42 bits per heavy atom. The van der Waals surface area contributed by atoms with Crippen LogP contribution in [-0.2, 0) is 14.8 Å². The van der Waals surface area contributed by atoms with Gasteiger partial charge in [-0.05, 0) is 18.2 Å². The number of halogens is 1. The summed E-state index contributed by atoms with van der Waals surface area (Å²) in [4.78, 5) is 12.6. The molecule has 0 aromatic heterocycles. The van der Waals surface area contributed by atoms with Crippen LogP contribution in [0.5, 0.6) is 5.75 Å². The molecule has 0 heterocycles. The van der Waals surface area contributed by atoms with Crippen molar-refractivity contribution in [3.05, 3.63) is 23.2 Å². The normalized spacial score (nSPS) is 11.2. The lowest BCUT2D eigenvalue weighted by molar-refractivity contribution is -0.129. The Balaban J connectivity index is 2.82. The van der Waals surface area contributed by atoms with Crippen molar-refractivity contribution >= 4 is 27.5 Å². The van der Waals surface area contributed by atoms with Crippen LogP contribution in [0.3, 0.4) is 0 Å². The van der Waals surface area contributed by atoms with Crippen LogP contribution in [0.2, 0.25) is 5.02 Å². The number of sulfonamides is 1. The first kappa shape index (κ1) is 15.7. The number of benzene rings is 1. The summed E-state index contributed by atoms with van der Waals surface area (Å²) in [6.45, 7) is 0.0567. The topological polar surface area (TPSA) is 89.7 Å². The number of rotatable bonds is 5. The van der Waals surface area contributed by atoms with Crippen molar-refractivity contribution in [2.24, 2.45) is 5.14 Å². The maximum absolute atomic E-state index is 11.4. The van der Waals surface area contributed by atoms with Crippen LogP contribution < -0.4 is 9.88 Å². The zero-order valence-electron chi connectivity index (χ0n) is 10.6. The molecule has 0 aliphatic carbocycles. The minimum absolute atomic E-state index is 0.0567. The molecule has 0 aliphatic heterocycles. The van der Waals surface area contributed by atoms with Gasteiger partial charge in [0.2, 0.25) is 15.9 Å². The van der Waals surface area contributed by atoms with Gasteiger partial charge in [0.15, 0.2) is 0 Å². The fourth-order valence-electron chi connectivity index (χ4n) is 1.30. The van der Waals surface area contributed by atoms with Crippen molar-refractivity contribution < 1.29 is 17.9 Å². The van der Waals surface area contributed by atoms with Crippen molar-refractivity contribution in [1.29, 1.82) is 0 Å². The zero-order chi connectivity index (χ0) is 14.6. The fourth-order valence-corrected chi connectivity index (χ4v) is 2.23. The number of ether oxygens (including phenoxy) is 1. The Bertz CT molecular complexity index is 572. The van der Waals surface area contributed by atoms with E-state index >= 15 is 0 Å². The van der Waals surface area contributed by atoms with Crippen molar-refractivity contribution in [1.82, 2.24) is 4.90 Å². The summed E-state index contributed by atoms with van der Waals surface area (Å²) in [7, 11) is -0.677. The van der Waals surface area contributed by atoms with E-state index in [0.29, 0.717) is 0 Å². The van der Waals surface area contributed by atoms with Gasteiger partial charge in [-0.2, -0.15) is 0 Å². The molecule has 0 bridgehead atoms. The SMILES string of the molecule is CN(C)C(=O)CCOc1ccc(Cl)cc1S(N)(=O)=O. The molecule has 1 rings (SSSR count). The number of hydrogen-bond acceptors (Lipinski definition) is 4. The lowest BCUT2D eigenvalue weighted by Crippen LogP contribution is -2.23. The molecule has 0 saturated heterocycles. The fraction of sp³-hybridized carbons (Fsp3) is 0.364. The van der Waals surface area contributed by atoms with Crippen LogP contribution >= 0.6 is 11.6 Å². The number of primary sulfonamides is 1. The molecule has 0 unspecified atom stereocenters. The molecule has 0 atom stereocenters. The van der Waals surface area contributed by atoms with Crippen molar-refractivity contribution in [3.8, 4) is 5.75 Å². The number of hydrogen-bond donors (Lipinski definition) is 1. The van der Waals surface area contributed by atoms with E-state index in [-0.39, 0.29) is 34.6 Å². The Hall–Kier alpha value is -1.31. The highest BCUT2D eigenvalue weighted by molar-refractivity contribution is 7.89. The van der Waals surface area contributed by atoms with E-state index in [4.69, 9.17) is 21.5 Å². The van der Waals surface area contributed by atoms with Gasteiger partial charge in [-0.1, -0.05) is 11.6 Å². The maximum atomic E-state index is 11.4. The number of carbonyl (C=O) groups excluding carboxylic acids is 1. The predicted molar refractivity (Wildman–Crippen MR) is 71.6 cm³/mol. The Morgan fingerprint density at radius 2 is 2.05 bits per heavy atom. The summed E-state index contributed by atoms with van der Waals surface area (Å²) in [6, 6.07) is 4.10. The molecule has 106 valence electrons. The second-order valence-electron chi connectivity index (χ2n) is 4.02. The summed E-state index contributed by atoms with van der Waals surface area (Å²) < 4.78 is 28.0. The average Bonchev–Trinajstić information content (AvgIpc) is 2.29. The van der Waals surface area contributed by atoms with E-state index in [9.17, 15) is 13.2 Å². The van der Waals surface area contributed by atoms with Gasteiger partial charge < -0.3 is 9.64 Å². The van der Waals surface area contributed by atoms with Crippen LogP contribution in [0.1, 0.15) is 6.42 Å². The molecule has 8 heteroatoms. The molecule has 1 aromatic rings. The standard InChI is InChI=1S/C11H15ClN2O4S/c1-14(2)11(15)5-6-18-9-4-3-8(12)7-10(9)19(13,16)17/h3-4,7H,5-6H2,1-2H3,(H2,13,16,17). The van der Waals surface area contributed by atoms with Gasteiger partial charge in [0.05, 0.1) is 13.0 Å². The molecular formula is C11H15ClN2O4S. The van der Waals surface area contributed by atoms with Gasteiger partial charge >= 0.3 is 0 Å². The predicted octanol–water partition coefficient (Wildman–Crippen LogP) is 0.845. The molecule has 2 N–H and O–H groups in total. The summed E-state index contributed by atoms with van der Waals surface area (Å²) in [6.07, 6.45) is 0.139. The smallest absolute Gasteiger partial charge is 0.241 e. The molecule has 1 aromatic carbocycles. The van der Waals surface area contributed by atoms with Crippen LogP contribution in [0, 0.1) is 0 Å². The number of nitrogens with zero attached hydrogens (tertiary/aromatic N) is 1.